The minimum absolute atomic E-state index is 0.202. The predicted molar refractivity (Wildman–Crippen MR) is 85.3 cm³/mol. The largest absolute Gasteiger partial charge is 0.250 e. The molecule has 0 bridgehead atoms. The lowest BCUT2D eigenvalue weighted by atomic mass is 10.3. The van der Waals surface area contributed by atoms with Crippen LogP contribution in [0.2, 0.25) is 9.36 Å². The Kier molecular flexibility index (Phi) is 5.33. The highest BCUT2D eigenvalue weighted by Gasteiger charge is 2.18. The Bertz CT molecular complexity index is 661. The number of hydrogen-bond acceptors (Lipinski definition) is 4. The van der Waals surface area contributed by atoms with E-state index in [2.05, 4.69) is 20.7 Å². The maximum atomic E-state index is 12.0. The first-order chi connectivity index (χ1) is 8.88. The van der Waals surface area contributed by atoms with Crippen LogP contribution in [0.15, 0.2) is 26.2 Å². The minimum atomic E-state index is -3.50. The standard InChI is InChI=1S/C10H8BrCl2NO2S3/c11-10-7(12)5-9(18-10)19(15,16)14-4-3-6-1-2-8(13)17-6/h1-2,5,14H,3-4H2. The first-order valence-corrected chi connectivity index (χ1v) is 9.74. The van der Waals surface area contributed by atoms with Crippen LogP contribution in [0, 0.1) is 0 Å². The Balaban J connectivity index is 1.98. The Hall–Kier alpha value is 0.370. The van der Waals surface area contributed by atoms with Crippen molar-refractivity contribution < 1.29 is 8.42 Å². The van der Waals surface area contributed by atoms with Gasteiger partial charge in [-0.2, -0.15) is 0 Å². The van der Waals surface area contributed by atoms with Gasteiger partial charge < -0.3 is 0 Å². The van der Waals surface area contributed by atoms with Gasteiger partial charge in [0.2, 0.25) is 10.0 Å². The van der Waals surface area contributed by atoms with E-state index in [0.29, 0.717) is 26.1 Å². The van der Waals surface area contributed by atoms with Crippen molar-refractivity contribution in [3.8, 4) is 0 Å². The van der Waals surface area contributed by atoms with E-state index >= 15 is 0 Å². The fraction of sp³-hybridized carbons (Fsp3) is 0.200. The minimum Gasteiger partial charge on any atom is -0.210 e. The van der Waals surface area contributed by atoms with E-state index in [1.54, 1.807) is 6.07 Å². The van der Waals surface area contributed by atoms with Crippen molar-refractivity contribution in [3.63, 3.8) is 0 Å². The summed E-state index contributed by atoms with van der Waals surface area (Å²) in [4.78, 5) is 1.04. The fourth-order valence-corrected chi connectivity index (χ4v) is 5.89. The van der Waals surface area contributed by atoms with Crippen LogP contribution in [0.25, 0.3) is 0 Å². The maximum absolute atomic E-state index is 12.0. The molecule has 0 aliphatic carbocycles. The van der Waals surface area contributed by atoms with Gasteiger partial charge in [-0.25, -0.2) is 13.1 Å². The molecule has 0 fully saturated rings. The van der Waals surface area contributed by atoms with Crippen LogP contribution >= 0.6 is 61.8 Å². The SMILES string of the molecule is O=S(=O)(NCCc1ccc(Cl)s1)c1cc(Cl)c(Br)s1. The summed E-state index contributed by atoms with van der Waals surface area (Å²) in [6, 6.07) is 5.12. The normalized spacial score (nSPS) is 11.9. The molecule has 0 radical (unpaired) electrons. The number of rotatable bonds is 5. The Morgan fingerprint density at radius 3 is 2.53 bits per heavy atom. The third-order valence-electron chi connectivity index (χ3n) is 2.18. The average molecular weight is 421 g/mol. The summed E-state index contributed by atoms with van der Waals surface area (Å²) in [5.41, 5.74) is 0. The summed E-state index contributed by atoms with van der Waals surface area (Å²) < 4.78 is 28.0. The first kappa shape index (κ1) is 15.8. The van der Waals surface area contributed by atoms with E-state index in [0.717, 1.165) is 16.2 Å². The van der Waals surface area contributed by atoms with Crippen molar-refractivity contribution in [3.05, 3.63) is 36.2 Å². The quantitative estimate of drug-likeness (QED) is 0.778. The lowest BCUT2D eigenvalue weighted by molar-refractivity contribution is 0.584. The third kappa shape index (κ3) is 4.17. The highest BCUT2D eigenvalue weighted by Crippen LogP contribution is 2.34. The van der Waals surface area contributed by atoms with Crippen LogP contribution in [-0.4, -0.2) is 15.0 Å². The molecule has 0 saturated heterocycles. The van der Waals surface area contributed by atoms with Gasteiger partial charge in [0.1, 0.15) is 4.21 Å². The summed E-state index contributed by atoms with van der Waals surface area (Å²) in [5, 5.41) is 0.399. The zero-order chi connectivity index (χ0) is 14.0. The summed E-state index contributed by atoms with van der Waals surface area (Å²) in [7, 11) is -3.50. The molecule has 2 rings (SSSR count). The van der Waals surface area contributed by atoms with Gasteiger partial charge in [-0.05, 0) is 40.5 Å². The van der Waals surface area contributed by atoms with Crippen LogP contribution in [0.3, 0.4) is 0 Å². The fourth-order valence-electron chi connectivity index (χ4n) is 1.32. The molecule has 2 heterocycles. The van der Waals surface area contributed by atoms with E-state index in [1.165, 1.54) is 17.4 Å². The molecule has 0 atom stereocenters. The number of halogens is 3. The maximum Gasteiger partial charge on any atom is 0.250 e. The van der Waals surface area contributed by atoms with Gasteiger partial charge in [0.05, 0.1) is 13.1 Å². The Morgan fingerprint density at radius 2 is 2.00 bits per heavy atom. The van der Waals surface area contributed by atoms with Crippen molar-refractivity contribution in [1.29, 1.82) is 0 Å². The molecule has 0 unspecified atom stereocenters. The topological polar surface area (TPSA) is 46.2 Å². The number of thiophene rings is 2. The van der Waals surface area contributed by atoms with E-state index in [1.807, 2.05) is 6.07 Å². The molecule has 19 heavy (non-hydrogen) atoms. The lowest BCUT2D eigenvalue weighted by Crippen LogP contribution is -2.25. The average Bonchev–Trinajstić information content (AvgIpc) is 2.87. The van der Waals surface area contributed by atoms with Gasteiger partial charge in [-0.3, -0.25) is 0 Å². The second kappa shape index (κ2) is 6.43. The molecule has 0 aromatic carbocycles. The van der Waals surface area contributed by atoms with Crippen molar-refractivity contribution in [2.75, 3.05) is 6.54 Å². The van der Waals surface area contributed by atoms with Crippen LogP contribution in [0.1, 0.15) is 4.88 Å². The van der Waals surface area contributed by atoms with Gasteiger partial charge >= 0.3 is 0 Å². The summed E-state index contributed by atoms with van der Waals surface area (Å²) >= 11 is 17.4. The van der Waals surface area contributed by atoms with Crippen molar-refractivity contribution in [2.45, 2.75) is 10.6 Å². The molecular formula is C10H8BrCl2NO2S3. The van der Waals surface area contributed by atoms with E-state index < -0.39 is 10.0 Å². The number of sulfonamides is 1. The molecule has 0 aliphatic heterocycles. The van der Waals surface area contributed by atoms with Gasteiger partial charge in [0, 0.05) is 11.4 Å². The number of hydrogen-bond donors (Lipinski definition) is 1. The van der Waals surface area contributed by atoms with Gasteiger partial charge in [-0.15, -0.1) is 22.7 Å². The smallest absolute Gasteiger partial charge is 0.210 e. The van der Waals surface area contributed by atoms with Crippen molar-refractivity contribution in [1.82, 2.24) is 4.72 Å². The van der Waals surface area contributed by atoms with Gasteiger partial charge in [0.15, 0.2) is 0 Å². The summed E-state index contributed by atoms with van der Waals surface area (Å²) in [6.45, 7) is 0.326. The van der Waals surface area contributed by atoms with Gasteiger partial charge in [-0.1, -0.05) is 23.2 Å². The molecule has 3 nitrogen and oxygen atoms in total. The Morgan fingerprint density at radius 1 is 1.26 bits per heavy atom. The monoisotopic (exact) mass is 419 g/mol. The molecule has 104 valence electrons. The van der Waals surface area contributed by atoms with Crippen LogP contribution < -0.4 is 4.72 Å². The molecular weight excluding hydrogens is 413 g/mol. The van der Waals surface area contributed by atoms with Crippen LogP contribution in [0.4, 0.5) is 0 Å². The van der Waals surface area contributed by atoms with E-state index in [9.17, 15) is 8.42 Å². The second-order valence-corrected chi connectivity index (χ2v) is 10.1. The number of nitrogens with one attached hydrogen (secondary N) is 1. The second-order valence-electron chi connectivity index (χ2n) is 3.54. The zero-order valence-electron chi connectivity index (χ0n) is 9.32. The highest BCUT2D eigenvalue weighted by atomic mass is 79.9. The van der Waals surface area contributed by atoms with E-state index in [-0.39, 0.29) is 4.21 Å². The predicted octanol–water partition coefficient (Wildman–Crippen LogP) is 4.40. The Labute approximate surface area is 137 Å². The summed E-state index contributed by atoms with van der Waals surface area (Å²) in [5.74, 6) is 0. The highest BCUT2D eigenvalue weighted by molar-refractivity contribution is 9.11. The molecule has 0 spiro atoms. The molecule has 0 saturated carbocycles. The van der Waals surface area contributed by atoms with Gasteiger partial charge in [0.25, 0.3) is 0 Å². The molecule has 9 heteroatoms. The summed E-state index contributed by atoms with van der Waals surface area (Å²) in [6.07, 6.45) is 0.608. The zero-order valence-corrected chi connectivity index (χ0v) is 14.9. The van der Waals surface area contributed by atoms with E-state index in [4.69, 9.17) is 23.2 Å². The molecule has 1 N–H and O–H groups in total. The molecule has 0 amide bonds. The molecule has 2 aromatic rings. The third-order valence-corrected chi connectivity index (χ3v) is 7.88. The van der Waals surface area contributed by atoms with Crippen molar-refractivity contribution in [2.24, 2.45) is 0 Å². The van der Waals surface area contributed by atoms with Crippen LogP contribution in [0.5, 0.6) is 0 Å². The molecule has 0 aliphatic rings. The lowest BCUT2D eigenvalue weighted by Gasteiger charge is -2.03. The molecule has 2 aromatic heterocycles. The first-order valence-electron chi connectivity index (χ1n) is 5.07. The van der Waals surface area contributed by atoms with Crippen molar-refractivity contribution >= 4 is 71.8 Å². The van der Waals surface area contributed by atoms with Crippen LogP contribution in [-0.2, 0) is 16.4 Å².